The molecule has 1 rings (SSSR count). The summed E-state index contributed by atoms with van der Waals surface area (Å²) in [5, 5.41) is 5.47. The number of rotatable bonds is 3. The van der Waals surface area contributed by atoms with E-state index in [0.29, 0.717) is 0 Å². The van der Waals surface area contributed by atoms with Crippen molar-refractivity contribution < 1.29 is 14.3 Å². The summed E-state index contributed by atoms with van der Waals surface area (Å²) in [4.78, 5) is 23.3. The molecule has 0 saturated heterocycles. The quantitative estimate of drug-likeness (QED) is 0.811. The van der Waals surface area contributed by atoms with Crippen LogP contribution >= 0.6 is 0 Å². The third kappa shape index (κ3) is 5.38. The molecule has 18 heavy (non-hydrogen) atoms. The summed E-state index contributed by atoms with van der Waals surface area (Å²) >= 11 is 0. The Labute approximate surface area is 109 Å². The molecular formula is C13H24N2O3. The highest BCUT2D eigenvalue weighted by molar-refractivity contribution is 5.85. The molecule has 0 aromatic rings. The van der Waals surface area contributed by atoms with Crippen LogP contribution in [0.5, 0.6) is 0 Å². The zero-order chi connectivity index (χ0) is 13.8. The lowest BCUT2D eigenvalue weighted by atomic mass is 10.2. The molecule has 5 heteroatoms. The van der Waals surface area contributed by atoms with Crippen LogP contribution in [0.1, 0.15) is 53.4 Å². The van der Waals surface area contributed by atoms with Crippen molar-refractivity contribution >= 4 is 12.0 Å². The molecule has 2 amide bonds. The van der Waals surface area contributed by atoms with E-state index in [0.717, 1.165) is 12.8 Å². The van der Waals surface area contributed by atoms with E-state index >= 15 is 0 Å². The van der Waals surface area contributed by atoms with E-state index in [4.69, 9.17) is 4.74 Å². The first-order valence-corrected chi connectivity index (χ1v) is 6.58. The van der Waals surface area contributed by atoms with Gasteiger partial charge in [0.1, 0.15) is 11.6 Å². The number of hydrogen-bond acceptors (Lipinski definition) is 3. The van der Waals surface area contributed by atoms with Crippen LogP contribution in [0.15, 0.2) is 0 Å². The van der Waals surface area contributed by atoms with Gasteiger partial charge in [0.15, 0.2) is 0 Å². The summed E-state index contributed by atoms with van der Waals surface area (Å²) in [7, 11) is 0. The molecule has 5 nitrogen and oxygen atoms in total. The van der Waals surface area contributed by atoms with Crippen LogP contribution in [0.3, 0.4) is 0 Å². The molecule has 104 valence electrons. The Morgan fingerprint density at radius 2 is 1.78 bits per heavy atom. The van der Waals surface area contributed by atoms with E-state index in [1.54, 1.807) is 27.7 Å². The highest BCUT2D eigenvalue weighted by atomic mass is 16.6. The fraction of sp³-hybridized carbons (Fsp3) is 0.846. The van der Waals surface area contributed by atoms with E-state index in [9.17, 15) is 9.59 Å². The summed E-state index contributed by atoms with van der Waals surface area (Å²) in [5.74, 6) is -0.146. The summed E-state index contributed by atoms with van der Waals surface area (Å²) in [6.45, 7) is 7.02. The summed E-state index contributed by atoms with van der Waals surface area (Å²) in [6, 6.07) is -0.305. The van der Waals surface area contributed by atoms with Gasteiger partial charge >= 0.3 is 6.09 Å². The predicted octanol–water partition coefficient (Wildman–Crippen LogP) is 1.96. The standard InChI is InChI=1S/C13H24N2O3/c1-9(14-12(17)18-13(2,3)4)11(16)15-10-7-5-6-8-10/h9-10H,5-8H2,1-4H3,(H,14,17)(H,15,16). The second-order valence-corrected chi connectivity index (χ2v) is 5.86. The Morgan fingerprint density at radius 1 is 1.22 bits per heavy atom. The van der Waals surface area contributed by atoms with E-state index in [-0.39, 0.29) is 11.9 Å². The number of ether oxygens (including phenoxy) is 1. The van der Waals surface area contributed by atoms with Gasteiger partial charge in [0.05, 0.1) is 0 Å². The predicted molar refractivity (Wildman–Crippen MR) is 69.2 cm³/mol. The van der Waals surface area contributed by atoms with Crippen LogP contribution in [0, 0.1) is 0 Å². The van der Waals surface area contributed by atoms with Crippen LogP contribution < -0.4 is 10.6 Å². The largest absolute Gasteiger partial charge is 0.444 e. The van der Waals surface area contributed by atoms with E-state index in [2.05, 4.69) is 10.6 Å². The van der Waals surface area contributed by atoms with Crippen molar-refractivity contribution in [2.75, 3.05) is 0 Å². The summed E-state index contributed by atoms with van der Waals surface area (Å²) in [5.41, 5.74) is -0.550. The van der Waals surface area contributed by atoms with Crippen LogP contribution in [0.4, 0.5) is 4.79 Å². The molecule has 1 aliphatic rings. The van der Waals surface area contributed by atoms with Gasteiger partial charge in [-0.25, -0.2) is 4.79 Å². The molecule has 1 unspecified atom stereocenters. The zero-order valence-electron chi connectivity index (χ0n) is 11.7. The number of nitrogens with one attached hydrogen (secondary N) is 2. The van der Waals surface area contributed by atoms with E-state index in [1.165, 1.54) is 12.8 Å². The second-order valence-electron chi connectivity index (χ2n) is 5.86. The lowest BCUT2D eigenvalue weighted by Gasteiger charge is -2.22. The molecule has 1 fully saturated rings. The van der Waals surface area contributed by atoms with Crippen molar-refractivity contribution in [1.29, 1.82) is 0 Å². The number of carbonyl (C=O) groups excluding carboxylic acids is 2. The lowest BCUT2D eigenvalue weighted by molar-refractivity contribution is -0.123. The molecule has 1 aliphatic carbocycles. The Bertz CT molecular complexity index is 304. The molecule has 0 radical (unpaired) electrons. The molecule has 1 saturated carbocycles. The van der Waals surface area contributed by atoms with Crippen molar-refractivity contribution in [3.05, 3.63) is 0 Å². The van der Waals surface area contributed by atoms with Gasteiger partial charge in [-0.05, 0) is 40.5 Å². The summed E-state index contributed by atoms with van der Waals surface area (Å²) < 4.78 is 5.10. The van der Waals surface area contributed by atoms with Gasteiger partial charge in [-0.3, -0.25) is 4.79 Å². The number of hydrogen-bond donors (Lipinski definition) is 2. The van der Waals surface area contributed by atoms with Crippen molar-refractivity contribution in [2.24, 2.45) is 0 Å². The number of carbonyl (C=O) groups is 2. The maximum Gasteiger partial charge on any atom is 0.408 e. The molecule has 0 heterocycles. The van der Waals surface area contributed by atoms with Gasteiger partial charge in [-0.1, -0.05) is 12.8 Å². The molecule has 2 N–H and O–H groups in total. The molecule has 0 bridgehead atoms. The number of amides is 2. The Kier molecular flexibility index (Phi) is 4.99. The summed E-state index contributed by atoms with van der Waals surface area (Å²) in [6.07, 6.45) is 3.84. The first-order valence-electron chi connectivity index (χ1n) is 6.58. The zero-order valence-corrected chi connectivity index (χ0v) is 11.7. The van der Waals surface area contributed by atoms with E-state index in [1.807, 2.05) is 0 Å². The average molecular weight is 256 g/mol. The molecule has 0 spiro atoms. The number of alkyl carbamates (subject to hydrolysis) is 1. The van der Waals surface area contributed by atoms with Crippen molar-refractivity contribution in [1.82, 2.24) is 10.6 Å². The lowest BCUT2D eigenvalue weighted by Crippen LogP contribution is -2.48. The first kappa shape index (κ1) is 14.8. The molecule has 1 atom stereocenters. The minimum absolute atomic E-state index is 0.146. The van der Waals surface area contributed by atoms with Gasteiger partial charge in [0.25, 0.3) is 0 Å². The van der Waals surface area contributed by atoms with E-state index < -0.39 is 17.7 Å². The molecule has 0 aromatic carbocycles. The Balaban J connectivity index is 2.32. The van der Waals surface area contributed by atoms with Gasteiger partial charge in [-0.15, -0.1) is 0 Å². The maximum atomic E-state index is 11.8. The fourth-order valence-electron chi connectivity index (χ4n) is 1.95. The molecular weight excluding hydrogens is 232 g/mol. The Morgan fingerprint density at radius 3 is 2.28 bits per heavy atom. The van der Waals surface area contributed by atoms with Crippen molar-refractivity contribution in [2.45, 2.75) is 71.1 Å². The van der Waals surface area contributed by atoms with Crippen molar-refractivity contribution in [3.63, 3.8) is 0 Å². The Hall–Kier alpha value is -1.26. The maximum absolute atomic E-state index is 11.8. The molecule has 0 aliphatic heterocycles. The third-order valence-corrected chi connectivity index (χ3v) is 2.83. The smallest absolute Gasteiger partial charge is 0.408 e. The fourth-order valence-corrected chi connectivity index (χ4v) is 1.95. The average Bonchev–Trinajstić information content (AvgIpc) is 2.66. The minimum atomic E-state index is -0.569. The van der Waals surface area contributed by atoms with Crippen LogP contribution in [-0.4, -0.2) is 29.7 Å². The minimum Gasteiger partial charge on any atom is -0.444 e. The topological polar surface area (TPSA) is 67.4 Å². The first-order chi connectivity index (χ1) is 8.28. The normalized spacial score (nSPS) is 18.2. The van der Waals surface area contributed by atoms with Crippen molar-refractivity contribution in [3.8, 4) is 0 Å². The van der Waals surface area contributed by atoms with Gasteiger partial charge in [0.2, 0.25) is 5.91 Å². The highest BCUT2D eigenvalue weighted by Gasteiger charge is 2.23. The highest BCUT2D eigenvalue weighted by Crippen LogP contribution is 2.17. The van der Waals surface area contributed by atoms with Gasteiger partial charge < -0.3 is 15.4 Å². The van der Waals surface area contributed by atoms with Gasteiger partial charge in [-0.2, -0.15) is 0 Å². The van der Waals surface area contributed by atoms with Crippen LogP contribution in [-0.2, 0) is 9.53 Å². The monoisotopic (exact) mass is 256 g/mol. The van der Waals surface area contributed by atoms with Gasteiger partial charge in [0, 0.05) is 6.04 Å². The SMILES string of the molecule is CC(NC(=O)OC(C)(C)C)C(=O)NC1CCCC1. The van der Waals surface area contributed by atoms with Crippen LogP contribution in [0.25, 0.3) is 0 Å². The molecule has 0 aromatic heterocycles. The van der Waals surface area contributed by atoms with Crippen LogP contribution in [0.2, 0.25) is 0 Å². The second kappa shape index (κ2) is 6.07. The third-order valence-electron chi connectivity index (χ3n) is 2.83.